The van der Waals surface area contributed by atoms with E-state index in [9.17, 15) is 18.8 Å². The Morgan fingerprint density at radius 3 is 2.30 bits per heavy atom. The van der Waals surface area contributed by atoms with Crippen molar-refractivity contribution >= 4 is 40.3 Å². The maximum Gasteiger partial charge on any atom is 0.338 e. The number of likely N-dealkylation sites (tertiary alicyclic amines) is 1. The molecule has 4 nitrogen and oxygen atoms in total. The third kappa shape index (κ3) is 4.94. The molecule has 30 heavy (non-hydrogen) atoms. The number of piperidine rings is 1. The van der Waals surface area contributed by atoms with Crippen molar-refractivity contribution in [1.29, 1.82) is 0 Å². The molecule has 0 radical (unpaired) electrons. The summed E-state index contributed by atoms with van der Waals surface area (Å²) in [4.78, 5) is 14.2. The van der Waals surface area contributed by atoms with Crippen molar-refractivity contribution in [3.8, 4) is 0 Å². The van der Waals surface area contributed by atoms with Gasteiger partial charge in [0.1, 0.15) is 11.1 Å². The van der Waals surface area contributed by atoms with Crippen LogP contribution in [0, 0.1) is 5.82 Å². The Bertz CT molecular complexity index is 941. The number of hydrogen-bond acceptors (Lipinski definition) is 3. The molecule has 1 aliphatic carbocycles. The van der Waals surface area contributed by atoms with Crippen LogP contribution in [0.4, 0.5) is 4.39 Å². The van der Waals surface area contributed by atoms with Crippen LogP contribution in [0.15, 0.2) is 35.2 Å². The van der Waals surface area contributed by atoms with Crippen molar-refractivity contribution < 1.29 is 18.8 Å². The third-order valence-electron chi connectivity index (χ3n) is 5.78. The van der Waals surface area contributed by atoms with Crippen LogP contribution in [0.25, 0.3) is 0 Å². The first-order valence-corrected chi connectivity index (χ1v) is 11.9. The SMILES string of the molecule is O=C(O)c1cc(C2CC2)c(CN2CCC([S+]([O-])c3cc(Cl)cc(Cl)c3)CC2)cc1F. The molecule has 1 atom stereocenters. The summed E-state index contributed by atoms with van der Waals surface area (Å²) in [7, 11) is 0. The van der Waals surface area contributed by atoms with Crippen molar-refractivity contribution in [2.45, 2.75) is 48.3 Å². The largest absolute Gasteiger partial charge is 0.611 e. The van der Waals surface area contributed by atoms with E-state index in [0.29, 0.717) is 27.4 Å². The second-order valence-corrected chi connectivity index (χ2v) is 10.6. The van der Waals surface area contributed by atoms with Crippen LogP contribution >= 0.6 is 23.2 Å². The standard InChI is InChI=1S/C22H22Cl2FNO3S/c23-15-8-16(24)10-18(9-15)30(29)17-3-5-26(6-4-17)12-14-7-21(25)20(22(27)28)11-19(14)13-1-2-13/h7-11,13,17H,1-6,12H2,(H,27,28). The topological polar surface area (TPSA) is 63.6 Å². The van der Waals surface area contributed by atoms with E-state index in [0.717, 1.165) is 49.9 Å². The minimum absolute atomic E-state index is 0.0183. The molecule has 0 spiro atoms. The van der Waals surface area contributed by atoms with E-state index in [4.69, 9.17) is 23.2 Å². The summed E-state index contributed by atoms with van der Waals surface area (Å²) in [6, 6.07) is 7.92. The predicted molar refractivity (Wildman–Crippen MR) is 117 cm³/mol. The first kappa shape index (κ1) is 21.9. The van der Waals surface area contributed by atoms with Gasteiger partial charge in [0.15, 0.2) is 4.90 Å². The number of carbonyl (C=O) groups is 1. The minimum Gasteiger partial charge on any atom is -0.611 e. The Kier molecular flexibility index (Phi) is 6.61. The normalized spacial score (nSPS) is 19.1. The van der Waals surface area contributed by atoms with Crippen LogP contribution in [0.2, 0.25) is 10.0 Å². The first-order valence-electron chi connectivity index (χ1n) is 9.96. The fraction of sp³-hybridized carbons (Fsp3) is 0.409. The van der Waals surface area contributed by atoms with Gasteiger partial charge in [-0.3, -0.25) is 4.90 Å². The number of hydrogen-bond donors (Lipinski definition) is 1. The van der Waals surface area contributed by atoms with E-state index < -0.39 is 23.0 Å². The molecule has 2 aliphatic rings. The van der Waals surface area contributed by atoms with Crippen molar-refractivity contribution in [3.63, 3.8) is 0 Å². The summed E-state index contributed by atoms with van der Waals surface area (Å²) in [6.07, 6.45) is 3.54. The average Bonchev–Trinajstić information content (AvgIpc) is 3.52. The van der Waals surface area contributed by atoms with Gasteiger partial charge in [0, 0.05) is 54.7 Å². The van der Waals surface area contributed by atoms with Gasteiger partial charge in [-0.05, 0) is 59.3 Å². The molecule has 0 bridgehead atoms. The number of carboxylic acid groups (broad SMARTS) is 1. The van der Waals surface area contributed by atoms with Crippen LogP contribution in [-0.2, 0) is 17.7 Å². The van der Waals surface area contributed by atoms with Gasteiger partial charge in [-0.15, -0.1) is 0 Å². The first-order chi connectivity index (χ1) is 14.3. The fourth-order valence-corrected chi connectivity index (χ4v) is 6.23. The van der Waals surface area contributed by atoms with Crippen molar-refractivity contribution in [1.82, 2.24) is 4.90 Å². The Morgan fingerprint density at radius 2 is 1.73 bits per heavy atom. The molecule has 1 saturated heterocycles. The number of benzene rings is 2. The highest BCUT2D eigenvalue weighted by Crippen LogP contribution is 2.43. The number of halogens is 3. The maximum absolute atomic E-state index is 14.3. The highest BCUT2D eigenvalue weighted by molar-refractivity contribution is 7.92. The number of rotatable bonds is 6. The Labute approximate surface area is 188 Å². The molecule has 2 aromatic carbocycles. The van der Waals surface area contributed by atoms with Crippen LogP contribution < -0.4 is 0 Å². The average molecular weight is 470 g/mol. The quantitative estimate of drug-likeness (QED) is 0.568. The molecule has 1 saturated carbocycles. The molecule has 4 rings (SSSR count). The van der Waals surface area contributed by atoms with E-state index in [2.05, 4.69) is 4.90 Å². The monoisotopic (exact) mass is 469 g/mol. The molecule has 1 aliphatic heterocycles. The predicted octanol–water partition coefficient (Wildman–Crippen LogP) is 5.48. The van der Waals surface area contributed by atoms with Gasteiger partial charge >= 0.3 is 5.97 Å². The summed E-state index contributed by atoms with van der Waals surface area (Å²) in [5.74, 6) is -1.59. The summed E-state index contributed by atoms with van der Waals surface area (Å²) >= 11 is 10.9. The summed E-state index contributed by atoms with van der Waals surface area (Å²) in [5.41, 5.74) is 1.56. The zero-order valence-corrected chi connectivity index (χ0v) is 18.6. The molecule has 160 valence electrons. The number of nitrogens with zero attached hydrogens (tertiary/aromatic N) is 1. The number of carboxylic acids is 1. The van der Waals surface area contributed by atoms with Crippen LogP contribution in [-0.4, -0.2) is 38.9 Å². The van der Waals surface area contributed by atoms with Gasteiger partial charge in [0.25, 0.3) is 0 Å². The van der Waals surface area contributed by atoms with Crippen molar-refractivity contribution in [3.05, 3.63) is 62.9 Å². The number of aromatic carboxylic acids is 1. The Hall–Kier alpha value is -1.31. The molecule has 1 unspecified atom stereocenters. The molecular formula is C22H22Cl2FNO3S. The molecule has 0 amide bonds. The lowest BCUT2D eigenvalue weighted by molar-refractivity contribution is 0.0691. The molecular weight excluding hydrogens is 448 g/mol. The van der Waals surface area contributed by atoms with E-state index in [1.807, 2.05) is 0 Å². The van der Waals surface area contributed by atoms with Gasteiger partial charge in [-0.25, -0.2) is 9.18 Å². The summed E-state index contributed by atoms with van der Waals surface area (Å²) in [6.45, 7) is 2.07. The lowest BCUT2D eigenvalue weighted by Crippen LogP contribution is -2.39. The maximum atomic E-state index is 14.3. The lowest BCUT2D eigenvalue weighted by atomic mass is 9.98. The Balaban J connectivity index is 1.43. The molecule has 1 heterocycles. The molecule has 2 fully saturated rings. The zero-order chi connectivity index (χ0) is 21.4. The zero-order valence-electron chi connectivity index (χ0n) is 16.2. The van der Waals surface area contributed by atoms with Gasteiger partial charge in [0.05, 0.1) is 5.56 Å². The van der Waals surface area contributed by atoms with Gasteiger partial charge < -0.3 is 9.66 Å². The Morgan fingerprint density at radius 1 is 1.10 bits per heavy atom. The van der Waals surface area contributed by atoms with Crippen LogP contribution in [0.1, 0.15) is 53.1 Å². The van der Waals surface area contributed by atoms with Gasteiger partial charge in [-0.1, -0.05) is 23.2 Å². The molecule has 1 N–H and O–H groups in total. The third-order valence-corrected chi connectivity index (χ3v) is 7.99. The highest BCUT2D eigenvalue weighted by atomic mass is 35.5. The summed E-state index contributed by atoms with van der Waals surface area (Å²) in [5, 5.41) is 10.2. The van der Waals surface area contributed by atoms with Crippen LogP contribution in [0.5, 0.6) is 0 Å². The van der Waals surface area contributed by atoms with Crippen LogP contribution in [0.3, 0.4) is 0 Å². The van der Waals surface area contributed by atoms with E-state index >= 15 is 0 Å². The highest BCUT2D eigenvalue weighted by Gasteiger charge is 2.32. The fourth-order valence-electron chi connectivity index (χ4n) is 4.07. The van der Waals surface area contributed by atoms with E-state index in [-0.39, 0.29) is 10.8 Å². The molecule has 0 aromatic heterocycles. The summed E-state index contributed by atoms with van der Waals surface area (Å²) < 4.78 is 27.2. The molecule has 2 aromatic rings. The van der Waals surface area contributed by atoms with Crippen molar-refractivity contribution in [2.24, 2.45) is 0 Å². The second kappa shape index (κ2) is 9.05. The van der Waals surface area contributed by atoms with E-state index in [1.165, 1.54) is 12.1 Å². The smallest absolute Gasteiger partial charge is 0.338 e. The second-order valence-electron chi connectivity index (χ2n) is 7.99. The van der Waals surface area contributed by atoms with Gasteiger partial charge in [-0.2, -0.15) is 0 Å². The minimum atomic E-state index is -1.23. The van der Waals surface area contributed by atoms with Gasteiger partial charge in [0.2, 0.25) is 0 Å². The van der Waals surface area contributed by atoms with E-state index in [1.54, 1.807) is 18.2 Å². The molecule has 8 heteroatoms. The lowest BCUT2D eigenvalue weighted by Gasteiger charge is -2.33. The van der Waals surface area contributed by atoms with Crippen molar-refractivity contribution in [2.75, 3.05) is 13.1 Å².